The number of hydrogen-bond donors (Lipinski definition) is 1. The van der Waals surface area contributed by atoms with Crippen LogP contribution in [0.15, 0.2) is 54.9 Å². The quantitative estimate of drug-likeness (QED) is 0.637. The van der Waals surface area contributed by atoms with Gasteiger partial charge >= 0.3 is 5.97 Å². The summed E-state index contributed by atoms with van der Waals surface area (Å²) >= 11 is 0. The summed E-state index contributed by atoms with van der Waals surface area (Å²) < 4.78 is 24.6. The zero-order chi connectivity index (χ0) is 21.0. The highest BCUT2D eigenvalue weighted by atomic mass is 19.1. The molecule has 2 aromatic carbocycles. The molecule has 29 heavy (non-hydrogen) atoms. The van der Waals surface area contributed by atoms with Gasteiger partial charge < -0.3 is 14.8 Å². The molecule has 1 N–H and O–H groups in total. The monoisotopic (exact) mass is 394 g/mol. The van der Waals surface area contributed by atoms with E-state index in [9.17, 15) is 14.0 Å². The molecule has 0 saturated carbocycles. The number of carbonyl (C=O) groups is 2. The van der Waals surface area contributed by atoms with Crippen molar-refractivity contribution in [2.24, 2.45) is 0 Å². The van der Waals surface area contributed by atoms with Gasteiger partial charge in [-0.05, 0) is 55.8 Å². The molecule has 0 aliphatic heterocycles. The van der Waals surface area contributed by atoms with Crippen molar-refractivity contribution in [2.45, 2.75) is 13.8 Å². The van der Waals surface area contributed by atoms with Gasteiger partial charge in [-0.1, -0.05) is 6.07 Å². The summed E-state index contributed by atoms with van der Waals surface area (Å²) in [4.78, 5) is 28.4. The van der Waals surface area contributed by atoms with E-state index in [2.05, 4.69) is 15.0 Å². The van der Waals surface area contributed by atoms with Crippen LogP contribution in [0.5, 0.6) is 11.5 Å². The van der Waals surface area contributed by atoms with Crippen molar-refractivity contribution in [3.05, 3.63) is 82.9 Å². The van der Waals surface area contributed by atoms with Crippen molar-refractivity contribution in [3.63, 3.8) is 0 Å². The molecule has 0 spiro atoms. The van der Waals surface area contributed by atoms with Gasteiger partial charge in [0.05, 0.1) is 12.7 Å². The Hall–Kier alpha value is -3.74. The number of benzene rings is 2. The SMILES string of the molecule is COC(=O)c1cc(F)c(C)c(NC(=O)c2ccc(C)c(Oc3ccncc3)c2)c1. The van der Waals surface area contributed by atoms with Gasteiger partial charge in [-0.3, -0.25) is 9.78 Å². The van der Waals surface area contributed by atoms with Crippen LogP contribution in [0, 0.1) is 19.7 Å². The lowest BCUT2D eigenvalue weighted by Gasteiger charge is -2.13. The normalized spacial score (nSPS) is 10.3. The number of hydrogen-bond acceptors (Lipinski definition) is 5. The van der Waals surface area contributed by atoms with Crippen LogP contribution in [0.25, 0.3) is 0 Å². The van der Waals surface area contributed by atoms with E-state index < -0.39 is 17.7 Å². The van der Waals surface area contributed by atoms with E-state index in [0.29, 0.717) is 17.1 Å². The fraction of sp³-hybridized carbons (Fsp3) is 0.136. The van der Waals surface area contributed by atoms with Crippen LogP contribution in [0.4, 0.5) is 10.1 Å². The smallest absolute Gasteiger partial charge is 0.338 e. The lowest BCUT2D eigenvalue weighted by molar-refractivity contribution is 0.0600. The maximum Gasteiger partial charge on any atom is 0.338 e. The van der Waals surface area contributed by atoms with E-state index in [1.807, 2.05) is 6.92 Å². The predicted molar refractivity (Wildman–Crippen MR) is 106 cm³/mol. The van der Waals surface area contributed by atoms with Crippen LogP contribution in [0.3, 0.4) is 0 Å². The Morgan fingerprint density at radius 2 is 1.72 bits per heavy atom. The summed E-state index contributed by atoms with van der Waals surface area (Å²) in [7, 11) is 1.20. The maximum absolute atomic E-state index is 14.2. The number of pyridine rings is 1. The van der Waals surface area contributed by atoms with Crippen molar-refractivity contribution in [1.82, 2.24) is 4.98 Å². The van der Waals surface area contributed by atoms with Crippen LogP contribution in [-0.4, -0.2) is 24.0 Å². The van der Waals surface area contributed by atoms with Crippen LogP contribution in [0.2, 0.25) is 0 Å². The van der Waals surface area contributed by atoms with E-state index in [0.717, 1.165) is 11.6 Å². The fourth-order valence-corrected chi connectivity index (χ4v) is 2.62. The number of aromatic nitrogens is 1. The van der Waals surface area contributed by atoms with Crippen molar-refractivity contribution in [2.75, 3.05) is 12.4 Å². The first-order valence-electron chi connectivity index (χ1n) is 8.77. The summed E-state index contributed by atoms with van der Waals surface area (Å²) in [6.45, 7) is 3.37. The number of esters is 1. The molecule has 0 aliphatic carbocycles. The van der Waals surface area contributed by atoms with Crippen LogP contribution >= 0.6 is 0 Å². The lowest BCUT2D eigenvalue weighted by Crippen LogP contribution is -2.14. The Kier molecular flexibility index (Phi) is 5.87. The van der Waals surface area contributed by atoms with Crippen LogP contribution in [-0.2, 0) is 4.74 Å². The van der Waals surface area contributed by atoms with Gasteiger partial charge in [-0.15, -0.1) is 0 Å². The molecule has 0 atom stereocenters. The first kappa shape index (κ1) is 20.0. The van der Waals surface area contributed by atoms with Gasteiger partial charge in [0.1, 0.15) is 17.3 Å². The molecule has 0 saturated heterocycles. The second kappa shape index (κ2) is 8.52. The topological polar surface area (TPSA) is 77.5 Å². The highest BCUT2D eigenvalue weighted by molar-refractivity contribution is 6.05. The minimum absolute atomic E-state index is 0.0107. The van der Waals surface area contributed by atoms with E-state index in [4.69, 9.17) is 4.74 Å². The maximum atomic E-state index is 14.2. The average Bonchev–Trinajstić information content (AvgIpc) is 2.72. The second-order valence-corrected chi connectivity index (χ2v) is 6.34. The Balaban J connectivity index is 1.87. The Bertz CT molecular complexity index is 1070. The van der Waals surface area contributed by atoms with Gasteiger partial charge in [0.25, 0.3) is 5.91 Å². The number of nitrogens with zero attached hydrogens (tertiary/aromatic N) is 1. The molecule has 0 aliphatic rings. The molecule has 1 heterocycles. The van der Waals surface area contributed by atoms with Crippen molar-refractivity contribution in [3.8, 4) is 11.5 Å². The minimum Gasteiger partial charge on any atom is -0.465 e. The molecule has 1 aromatic heterocycles. The summed E-state index contributed by atoms with van der Waals surface area (Å²) in [5.41, 5.74) is 1.58. The van der Waals surface area contributed by atoms with E-state index in [-0.39, 0.29) is 16.8 Å². The summed E-state index contributed by atoms with van der Waals surface area (Å²) in [6.07, 6.45) is 3.21. The van der Waals surface area contributed by atoms with Crippen LogP contribution in [0.1, 0.15) is 31.8 Å². The molecular formula is C22H19FN2O4. The molecule has 0 bridgehead atoms. The van der Waals surface area contributed by atoms with Gasteiger partial charge in [0.2, 0.25) is 0 Å². The highest BCUT2D eigenvalue weighted by Crippen LogP contribution is 2.27. The molecule has 148 valence electrons. The number of methoxy groups -OCH3 is 1. The second-order valence-electron chi connectivity index (χ2n) is 6.34. The Labute approximate surface area is 167 Å². The zero-order valence-corrected chi connectivity index (χ0v) is 16.2. The number of anilines is 1. The van der Waals surface area contributed by atoms with E-state index in [1.54, 1.807) is 42.7 Å². The summed E-state index contributed by atoms with van der Waals surface area (Å²) in [6, 6.07) is 10.9. The number of rotatable bonds is 5. The third-order valence-corrected chi connectivity index (χ3v) is 4.34. The fourth-order valence-electron chi connectivity index (χ4n) is 2.62. The predicted octanol–water partition coefficient (Wildman–Crippen LogP) is 4.67. The number of carbonyl (C=O) groups excluding carboxylic acids is 2. The molecule has 1 amide bonds. The Morgan fingerprint density at radius 3 is 2.41 bits per heavy atom. The van der Waals surface area contributed by atoms with E-state index >= 15 is 0 Å². The number of amides is 1. The number of halogens is 1. The Morgan fingerprint density at radius 1 is 1.00 bits per heavy atom. The third-order valence-electron chi connectivity index (χ3n) is 4.34. The first-order chi connectivity index (χ1) is 13.9. The number of ether oxygens (including phenoxy) is 2. The molecule has 0 fully saturated rings. The van der Waals surface area contributed by atoms with Crippen molar-refractivity contribution >= 4 is 17.6 Å². The summed E-state index contributed by atoms with van der Waals surface area (Å²) in [5.74, 6) is -0.676. The average molecular weight is 394 g/mol. The number of nitrogens with one attached hydrogen (secondary N) is 1. The number of aryl methyl sites for hydroxylation is 1. The molecule has 0 radical (unpaired) electrons. The molecular weight excluding hydrogens is 375 g/mol. The van der Waals surface area contributed by atoms with Gasteiger partial charge in [-0.2, -0.15) is 0 Å². The largest absolute Gasteiger partial charge is 0.465 e. The van der Waals surface area contributed by atoms with Crippen molar-refractivity contribution < 1.29 is 23.5 Å². The van der Waals surface area contributed by atoms with Gasteiger partial charge in [-0.25, -0.2) is 9.18 Å². The third kappa shape index (κ3) is 4.57. The zero-order valence-electron chi connectivity index (χ0n) is 16.2. The lowest BCUT2D eigenvalue weighted by atomic mass is 10.1. The molecule has 0 unspecified atom stereocenters. The first-order valence-corrected chi connectivity index (χ1v) is 8.77. The van der Waals surface area contributed by atoms with Gasteiger partial charge in [0, 0.05) is 29.2 Å². The van der Waals surface area contributed by atoms with Gasteiger partial charge in [0.15, 0.2) is 0 Å². The molecule has 3 aromatic rings. The minimum atomic E-state index is -0.692. The standard InChI is InChI=1S/C22H19FN2O4/c1-13-4-5-15(12-20(13)29-17-6-8-24-9-7-17)21(26)25-19-11-16(22(27)28-3)10-18(23)14(19)2/h4-12H,1-3H3,(H,25,26). The van der Waals surface area contributed by atoms with Crippen molar-refractivity contribution in [1.29, 1.82) is 0 Å². The molecule has 3 rings (SSSR count). The van der Waals surface area contributed by atoms with E-state index in [1.165, 1.54) is 20.1 Å². The molecule has 7 heteroatoms. The molecule has 6 nitrogen and oxygen atoms in total. The highest BCUT2D eigenvalue weighted by Gasteiger charge is 2.16. The summed E-state index contributed by atoms with van der Waals surface area (Å²) in [5, 5.41) is 2.64. The van der Waals surface area contributed by atoms with Crippen LogP contribution < -0.4 is 10.1 Å².